The average molecular weight is 286 g/mol. The Kier molecular flexibility index (Phi) is 7.40. The first-order chi connectivity index (χ1) is 9.12. The van der Waals surface area contributed by atoms with Gasteiger partial charge in [0.2, 0.25) is 0 Å². The molecule has 0 amide bonds. The van der Waals surface area contributed by atoms with Gasteiger partial charge in [-0.05, 0) is 37.6 Å². The van der Waals surface area contributed by atoms with E-state index >= 15 is 0 Å². The molecule has 0 fully saturated rings. The molecular formula is C16H25ClFN. The van der Waals surface area contributed by atoms with E-state index in [0.29, 0.717) is 16.5 Å². The molecule has 1 rings (SSSR count). The number of halogens is 2. The fourth-order valence-corrected chi connectivity index (χ4v) is 2.68. The van der Waals surface area contributed by atoms with E-state index in [1.54, 1.807) is 12.1 Å². The largest absolute Gasteiger partial charge is 0.313 e. The Morgan fingerprint density at radius 1 is 1.32 bits per heavy atom. The maximum absolute atomic E-state index is 13.9. The molecule has 0 spiro atoms. The fraction of sp³-hybridized carbons (Fsp3) is 0.625. The van der Waals surface area contributed by atoms with Crippen LogP contribution in [0.3, 0.4) is 0 Å². The SMILES string of the molecule is CCCCC(CC)CC(NC)c1cc(Cl)ccc1F. The summed E-state index contributed by atoms with van der Waals surface area (Å²) in [5, 5.41) is 3.82. The predicted octanol–water partition coefficient (Wildman–Crippen LogP) is 5.35. The summed E-state index contributed by atoms with van der Waals surface area (Å²) < 4.78 is 13.9. The van der Waals surface area contributed by atoms with E-state index < -0.39 is 0 Å². The van der Waals surface area contributed by atoms with Gasteiger partial charge >= 0.3 is 0 Å². The molecule has 0 radical (unpaired) electrons. The molecule has 0 aromatic heterocycles. The van der Waals surface area contributed by atoms with E-state index in [1.165, 1.54) is 25.3 Å². The van der Waals surface area contributed by atoms with Gasteiger partial charge in [-0.15, -0.1) is 0 Å². The lowest BCUT2D eigenvalue weighted by Gasteiger charge is -2.23. The molecule has 0 saturated heterocycles. The number of unbranched alkanes of at least 4 members (excludes halogenated alkanes) is 1. The molecule has 0 saturated carbocycles. The molecule has 2 unspecified atom stereocenters. The number of hydrogen-bond donors (Lipinski definition) is 1. The smallest absolute Gasteiger partial charge is 0.128 e. The van der Waals surface area contributed by atoms with Crippen molar-refractivity contribution in [3.63, 3.8) is 0 Å². The molecule has 0 aliphatic heterocycles. The zero-order chi connectivity index (χ0) is 14.3. The number of hydrogen-bond acceptors (Lipinski definition) is 1. The van der Waals surface area contributed by atoms with Crippen molar-refractivity contribution < 1.29 is 4.39 Å². The van der Waals surface area contributed by atoms with Crippen LogP contribution in [0, 0.1) is 11.7 Å². The highest BCUT2D eigenvalue weighted by molar-refractivity contribution is 6.30. The van der Waals surface area contributed by atoms with Crippen molar-refractivity contribution in [2.24, 2.45) is 5.92 Å². The molecule has 1 aromatic carbocycles. The molecule has 108 valence electrons. The van der Waals surface area contributed by atoms with E-state index in [2.05, 4.69) is 19.2 Å². The van der Waals surface area contributed by atoms with E-state index in [1.807, 2.05) is 7.05 Å². The molecule has 3 heteroatoms. The lowest BCUT2D eigenvalue weighted by atomic mass is 9.89. The molecule has 0 bridgehead atoms. The zero-order valence-corrected chi connectivity index (χ0v) is 12.9. The molecule has 1 N–H and O–H groups in total. The summed E-state index contributed by atoms with van der Waals surface area (Å²) in [7, 11) is 1.89. The van der Waals surface area contributed by atoms with Crippen molar-refractivity contribution in [2.75, 3.05) is 7.05 Å². The first kappa shape index (κ1) is 16.5. The summed E-state index contributed by atoms with van der Waals surface area (Å²) in [4.78, 5) is 0. The van der Waals surface area contributed by atoms with Crippen molar-refractivity contribution >= 4 is 11.6 Å². The van der Waals surface area contributed by atoms with Gasteiger partial charge < -0.3 is 5.32 Å². The van der Waals surface area contributed by atoms with Gasteiger partial charge in [-0.3, -0.25) is 0 Å². The maximum Gasteiger partial charge on any atom is 0.128 e. The van der Waals surface area contributed by atoms with Crippen LogP contribution < -0.4 is 5.32 Å². The first-order valence-electron chi connectivity index (χ1n) is 7.24. The Bertz CT molecular complexity index is 381. The maximum atomic E-state index is 13.9. The van der Waals surface area contributed by atoms with Crippen LogP contribution in [0.15, 0.2) is 18.2 Å². The van der Waals surface area contributed by atoms with Crippen molar-refractivity contribution in [1.29, 1.82) is 0 Å². The molecule has 19 heavy (non-hydrogen) atoms. The van der Waals surface area contributed by atoms with Crippen LogP contribution in [0.1, 0.15) is 57.6 Å². The summed E-state index contributed by atoms with van der Waals surface area (Å²) in [5.41, 5.74) is 0.685. The van der Waals surface area contributed by atoms with E-state index in [9.17, 15) is 4.39 Å². The predicted molar refractivity (Wildman–Crippen MR) is 81.1 cm³/mol. The highest BCUT2D eigenvalue weighted by atomic mass is 35.5. The second kappa shape index (κ2) is 8.55. The van der Waals surface area contributed by atoms with Crippen molar-refractivity contribution in [1.82, 2.24) is 5.32 Å². The van der Waals surface area contributed by atoms with Crippen LogP contribution in [-0.2, 0) is 0 Å². The minimum atomic E-state index is -0.172. The molecule has 2 atom stereocenters. The Hall–Kier alpha value is -0.600. The van der Waals surface area contributed by atoms with Gasteiger partial charge in [-0.1, -0.05) is 51.1 Å². The second-order valence-electron chi connectivity index (χ2n) is 5.16. The normalized spacial score (nSPS) is 14.4. The highest BCUT2D eigenvalue weighted by Crippen LogP contribution is 2.29. The van der Waals surface area contributed by atoms with Gasteiger partial charge in [0.25, 0.3) is 0 Å². The van der Waals surface area contributed by atoms with Gasteiger partial charge in [0.05, 0.1) is 0 Å². The topological polar surface area (TPSA) is 12.0 Å². The van der Waals surface area contributed by atoms with Gasteiger partial charge in [0.15, 0.2) is 0 Å². The van der Waals surface area contributed by atoms with E-state index in [4.69, 9.17) is 11.6 Å². The molecule has 1 aromatic rings. The highest BCUT2D eigenvalue weighted by Gasteiger charge is 2.18. The Balaban J connectivity index is 2.78. The summed E-state index contributed by atoms with van der Waals surface area (Å²) in [6.07, 6.45) is 5.78. The van der Waals surface area contributed by atoms with Crippen LogP contribution in [-0.4, -0.2) is 7.05 Å². The van der Waals surface area contributed by atoms with Crippen LogP contribution >= 0.6 is 11.6 Å². The van der Waals surface area contributed by atoms with Crippen molar-refractivity contribution in [3.8, 4) is 0 Å². The zero-order valence-electron chi connectivity index (χ0n) is 12.2. The monoisotopic (exact) mass is 285 g/mol. The van der Waals surface area contributed by atoms with Crippen LogP contribution in [0.25, 0.3) is 0 Å². The van der Waals surface area contributed by atoms with Crippen molar-refractivity contribution in [2.45, 2.75) is 52.0 Å². The second-order valence-corrected chi connectivity index (χ2v) is 5.60. The first-order valence-corrected chi connectivity index (χ1v) is 7.62. The van der Waals surface area contributed by atoms with E-state index in [0.717, 1.165) is 12.8 Å². The lowest BCUT2D eigenvalue weighted by molar-refractivity contribution is 0.359. The molecule has 0 aliphatic rings. The number of nitrogens with one attached hydrogen (secondary N) is 1. The Labute approximate surface area is 121 Å². The average Bonchev–Trinajstić information content (AvgIpc) is 2.42. The van der Waals surface area contributed by atoms with Crippen LogP contribution in [0.5, 0.6) is 0 Å². The van der Waals surface area contributed by atoms with Crippen molar-refractivity contribution in [3.05, 3.63) is 34.6 Å². The quantitative estimate of drug-likeness (QED) is 0.679. The van der Waals surface area contributed by atoms with Gasteiger partial charge in [0, 0.05) is 16.6 Å². The lowest BCUT2D eigenvalue weighted by Crippen LogP contribution is -2.21. The molecule has 1 nitrogen and oxygen atoms in total. The number of benzene rings is 1. The molecule has 0 heterocycles. The summed E-state index contributed by atoms with van der Waals surface area (Å²) >= 11 is 5.98. The summed E-state index contributed by atoms with van der Waals surface area (Å²) in [6, 6.07) is 4.83. The van der Waals surface area contributed by atoms with E-state index in [-0.39, 0.29) is 11.9 Å². The van der Waals surface area contributed by atoms with Crippen LogP contribution in [0.4, 0.5) is 4.39 Å². The minimum absolute atomic E-state index is 0.0421. The Morgan fingerprint density at radius 3 is 2.63 bits per heavy atom. The van der Waals surface area contributed by atoms with Gasteiger partial charge in [0.1, 0.15) is 5.82 Å². The summed E-state index contributed by atoms with van der Waals surface area (Å²) in [6.45, 7) is 4.42. The summed E-state index contributed by atoms with van der Waals surface area (Å²) in [5.74, 6) is 0.463. The third kappa shape index (κ3) is 5.12. The van der Waals surface area contributed by atoms with Gasteiger partial charge in [-0.2, -0.15) is 0 Å². The number of rotatable bonds is 8. The van der Waals surface area contributed by atoms with Gasteiger partial charge in [-0.25, -0.2) is 4.39 Å². The fourth-order valence-electron chi connectivity index (χ4n) is 2.50. The molecular weight excluding hydrogens is 261 g/mol. The third-order valence-electron chi connectivity index (χ3n) is 3.79. The van der Waals surface area contributed by atoms with Crippen LogP contribution in [0.2, 0.25) is 5.02 Å². The molecule has 0 aliphatic carbocycles. The minimum Gasteiger partial charge on any atom is -0.313 e. The third-order valence-corrected chi connectivity index (χ3v) is 4.03. The standard InChI is InChI=1S/C16H25ClFN/c1-4-6-7-12(5-2)10-16(19-3)14-11-13(17)8-9-15(14)18/h8-9,11-12,16,19H,4-7,10H2,1-3H3. The Morgan fingerprint density at radius 2 is 2.05 bits per heavy atom.